The van der Waals surface area contributed by atoms with Crippen LogP contribution in [0.2, 0.25) is 0 Å². The first kappa shape index (κ1) is 36.7. The van der Waals surface area contributed by atoms with E-state index in [1.165, 1.54) is 109 Å². The Bertz CT molecular complexity index is 529. The summed E-state index contributed by atoms with van der Waals surface area (Å²) < 4.78 is 10.6. The van der Waals surface area contributed by atoms with Gasteiger partial charge in [0.1, 0.15) is 0 Å². The van der Waals surface area contributed by atoms with E-state index in [0.717, 1.165) is 44.9 Å². The molecule has 0 aliphatic carbocycles. The van der Waals surface area contributed by atoms with Crippen molar-refractivity contribution in [1.29, 1.82) is 0 Å². The molecule has 224 valence electrons. The van der Waals surface area contributed by atoms with Gasteiger partial charge in [0.15, 0.2) is 0 Å². The van der Waals surface area contributed by atoms with E-state index in [1.54, 1.807) is 0 Å². The quantitative estimate of drug-likeness (QED) is 0.0520. The lowest BCUT2D eigenvalue weighted by atomic mass is 10.1. The molecular formula is C34H64O4. The van der Waals surface area contributed by atoms with Gasteiger partial charge in [0.05, 0.1) is 13.2 Å². The number of esters is 2. The third kappa shape index (κ3) is 30.9. The number of allylic oxidation sites excluding steroid dienone is 2. The normalized spacial score (nSPS) is 11.3. The van der Waals surface area contributed by atoms with Gasteiger partial charge in [-0.1, -0.05) is 129 Å². The Morgan fingerprint density at radius 3 is 1.16 bits per heavy atom. The fourth-order valence-corrected chi connectivity index (χ4v) is 4.64. The number of rotatable bonds is 30. The van der Waals surface area contributed by atoms with Crippen LogP contribution in [-0.4, -0.2) is 25.2 Å². The van der Waals surface area contributed by atoms with Crippen LogP contribution in [0, 0.1) is 0 Å². The van der Waals surface area contributed by atoms with Gasteiger partial charge in [0.25, 0.3) is 0 Å². The molecule has 0 rings (SSSR count). The summed E-state index contributed by atoms with van der Waals surface area (Å²) in [5.74, 6) is -0.0214. The first-order valence-electron chi connectivity index (χ1n) is 16.7. The third-order valence-corrected chi connectivity index (χ3v) is 7.19. The van der Waals surface area contributed by atoms with Crippen LogP contribution in [0.4, 0.5) is 0 Å². The van der Waals surface area contributed by atoms with E-state index >= 15 is 0 Å². The van der Waals surface area contributed by atoms with Crippen molar-refractivity contribution in [2.45, 2.75) is 181 Å². The van der Waals surface area contributed by atoms with Crippen LogP contribution in [-0.2, 0) is 19.1 Å². The standard InChI is InChI=1S/C34H64O4/c1-3-5-7-23-27-31-37-33(35)29-25-21-19-17-15-13-11-9-10-12-14-16-18-20-22-26-30-34(36)38-32-28-24-8-6-4-2/h13,15H,3-12,14,16-32H2,1-2H3/b15-13+. The van der Waals surface area contributed by atoms with Gasteiger partial charge in [-0.05, 0) is 51.4 Å². The summed E-state index contributed by atoms with van der Waals surface area (Å²) in [5.41, 5.74) is 0. The SMILES string of the molecule is CCCCCCCOC(=O)CCCCC/C=C/CCCCCCCCCCCC(=O)OCCCCCCC. The summed E-state index contributed by atoms with van der Waals surface area (Å²) in [5, 5.41) is 0. The number of carbonyl (C=O) groups is 2. The Morgan fingerprint density at radius 2 is 0.737 bits per heavy atom. The molecule has 0 aliphatic heterocycles. The lowest BCUT2D eigenvalue weighted by molar-refractivity contribution is -0.144. The number of unbranched alkanes of at least 4 members (excludes halogenated alkanes) is 20. The summed E-state index contributed by atoms with van der Waals surface area (Å²) in [6, 6.07) is 0. The van der Waals surface area contributed by atoms with E-state index in [9.17, 15) is 9.59 Å². The van der Waals surface area contributed by atoms with Crippen LogP contribution in [0.25, 0.3) is 0 Å². The van der Waals surface area contributed by atoms with Crippen molar-refractivity contribution in [3.05, 3.63) is 12.2 Å². The van der Waals surface area contributed by atoms with Gasteiger partial charge in [0, 0.05) is 12.8 Å². The number of carbonyl (C=O) groups excluding carboxylic acids is 2. The predicted molar refractivity (Wildman–Crippen MR) is 162 cm³/mol. The second-order valence-electron chi connectivity index (χ2n) is 11.1. The second-order valence-corrected chi connectivity index (χ2v) is 11.1. The highest BCUT2D eigenvalue weighted by Crippen LogP contribution is 2.13. The average molecular weight is 537 g/mol. The van der Waals surface area contributed by atoms with Crippen LogP contribution in [0.3, 0.4) is 0 Å². The van der Waals surface area contributed by atoms with Crippen molar-refractivity contribution < 1.29 is 19.1 Å². The molecule has 0 unspecified atom stereocenters. The molecule has 0 atom stereocenters. The van der Waals surface area contributed by atoms with Crippen molar-refractivity contribution in [3.8, 4) is 0 Å². The molecular weight excluding hydrogens is 472 g/mol. The number of ether oxygens (including phenoxy) is 2. The number of hydrogen-bond acceptors (Lipinski definition) is 4. The van der Waals surface area contributed by atoms with Gasteiger partial charge >= 0.3 is 11.9 Å². The Kier molecular flexibility index (Phi) is 30.8. The Balaban J connectivity index is 3.24. The zero-order chi connectivity index (χ0) is 27.8. The van der Waals surface area contributed by atoms with Crippen molar-refractivity contribution in [3.63, 3.8) is 0 Å². The first-order chi connectivity index (χ1) is 18.7. The van der Waals surface area contributed by atoms with Gasteiger partial charge < -0.3 is 9.47 Å². The van der Waals surface area contributed by atoms with Gasteiger partial charge in [-0.2, -0.15) is 0 Å². The molecule has 4 heteroatoms. The maximum atomic E-state index is 11.7. The molecule has 0 heterocycles. The zero-order valence-corrected chi connectivity index (χ0v) is 25.6. The molecule has 0 saturated carbocycles. The highest BCUT2D eigenvalue weighted by atomic mass is 16.5. The molecule has 0 bridgehead atoms. The van der Waals surface area contributed by atoms with E-state index < -0.39 is 0 Å². The van der Waals surface area contributed by atoms with E-state index in [4.69, 9.17) is 9.47 Å². The van der Waals surface area contributed by atoms with Gasteiger partial charge in [-0.25, -0.2) is 0 Å². The van der Waals surface area contributed by atoms with E-state index in [1.807, 2.05) is 0 Å². The molecule has 0 aromatic rings. The first-order valence-corrected chi connectivity index (χ1v) is 16.7. The summed E-state index contributed by atoms with van der Waals surface area (Å²) in [7, 11) is 0. The number of hydrogen-bond donors (Lipinski definition) is 0. The Labute approximate surface area is 237 Å². The smallest absolute Gasteiger partial charge is 0.305 e. The molecule has 38 heavy (non-hydrogen) atoms. The fourth-order valence-electron chi connectivity index (χ4n) is 4.64. The van der Waals surface area contributed by atoms with Crippen LogP contribution >= 0.6 is 0 Å². The molecule has 0 N–H and O–H groups in total. The molecule has 0 amide bonds. The predicted octanol–water partition coefficient (Wildman–Crippen LogP) is 10.8. The Hall–Kier alpha value is -1.32. The maximum absolute atomic E-state index is 11.7. The fraction of sp³-hybridized carbons (Fsp3) is 0.882. The molecule has 4 nitrogen and oxygen atoms in total. The molecule has 0 aromatic carbocycles. The molecule has 0 aliphatic rings. The average Bonchev–Trinajstić information content (AvgIpc) is 2.91. The van der Waals surface area contributed by atoms with E-state index in [2.05, 4.69) is 26.0 Å². The Morgan fingerprint density at radius 1 is 0.421 bits per heavy atom. The monoisotopic (exact) mass is 536 g/mol. The van der Waals surface area contributed by atoms with Crippen LogP contribution in [0.15, 0.2) is 12.2 Å². The summed E-state index contributed by atoms with van der Waals surface area (Å²) in [6.45, 7) is 5.64. The minimum Gasteiger partial charge on any atom is -0.466 e. The topological polar surface area (TPSA) is 52.6 Å². The lowest BCUT2D eigenvalue weighted by Crippen LogP contribution is -2.05. The highest BCUT2D eigenvalue weighted by molar-refractivity contribution is 5.69. The van der Waals surface area contributed by atoms with E-state index in [-0.39, 0.29) is 11.9 Å². The highest BCUT2D eigenvalue weighted by Gasteiger charge is 2.03. The summed E-state index contributed by atoms with van der Waals surface area (Å²) in [4.78, 5) is 23.5. The molecule has 0 radical (unpaired) electrons. The largest absolute Gasteiger partial charge is 0.466 e. The van der Waals surface area contributed by atoms with Crippen LogP contribution in [0.5, 0.6) is 0 Å². The summed E-state index contributed by atoms with van der Waals surface area (Å²) >= 11 is 0. The second kappa shape index (κ2) is 31.9. The van der Waals surface area contributed by atoms with Crippen LogP contribution in [0.1, 0.15) is 181 Å². The lowest BCUT2D eigenvalue weighted by Gasteiger charge is -2.05. The molecule has 0 aromatic heterocycles. The van der Waals surface area contributed by atoms with Crippen molar-refractivity contribution in [2.24, 2.45) is 0 Å². The molecule has 0 spiro atoms. The van der Waals surface area contributed by atoms with Crippen molar-refractivity contribution >= 4 is 11.9 Å². The summed E-state index contributed by atoms with van der Waals surface area (Å²) in [6.07, 6.45) is 34.6. The molecule has 0 saturated heterocycles. The minimum absolute atomic E-state index is 0.00443. The minimum atomic E-state index is -0.0169. The van der Waals surface area contributed by atoms with Gasteiger partial charge in [-0.15, -0.1) is 0 Å². The van der Waals surface area contributed by atoms with Crippen molar-refractivity contribution in [2.75, 3.05) is 13.2 Å². The van der Waals surface area contributed by atoms with Gasteiger partial charge in [0.2, 0.25) is 0 Å². The third-order valence-electron chi connectivity index (χ3n) is 7.19. The van der Waals surface area contributed by atoms with E-state index in [0.29, 0.717) is 26.1 Å². The molecule has 0 fully saturated rings. The maximum Gasteiger partial charge on any atom is 0.305 e. The zero-order valence-electron chi connectivity index (χ0n) is 25.6. The van der Waals surface area contributed by atoms with Gasteiger partial charge in [-0.3, -0.25) is 9.59 Å². The van der Waals surface area contributed by atoms with Crippen molar-refractivity contribution in [1.82, 2.24) is 0 Å². The van der Waals surface area contributed by atoms with Crippen LogP contribution < -0.4 is 0 Å².